The number of carbonyl (C=O) groups excluding carboxylic acids is 1. The summed E-state index contributed by atoms with van der Waals surface area (Å²) in [4.78, 5) is 11.4. The predicted molar refractivity (Wildman–Crippen MR) is 74.4 cm³/mol. The van der Waals surface area contributed by atoms with Crippen molar-refractivity contribution in [1.82, 2.24) is 4.57 Å². The molecular formula is C15H20N2O2. The molecule has 0 fully saturated rings. The number of esters is 1. The Morgan fingerprint density at radius 2 is 2.16 bits per heavy atom. The Hall–Kier alpha value is -2.02. The fourth-order valence-electron chi connectivity index (χ4n) is 2.02. The van der Waals surface area contributed by atoms with Crippen LogP contribution in [0.5, 0.6) is 0 Å². The van der Waals surface area contributed by atoms with Gasteiger partial charge in [0.05, 0.1) is 7.11 Å². The first-order valence-corrected chi connectivity index (χ1v) is 6.27. The molecule has 0 atom stereocenters. The van der Waals surface area contributed by atoms with Crippen molar-refractivity contribution in [3.63, 3.8) is 0 Å². The highest BCUT2D eigenvalue weighted by molar-refractivity contribution is 5.97. The van der Waals surface area contributed by atoms with Gasteiger partial charge in [-0.2, -0.15) is 5.26 Å². The molecule has 0 aromatic carbocycles. The maximum Gasteiger partial charge on any atom is 0.348 e. The first-order valence-electron chi connectivity index (χ1n) is 6.27. The van der Waals surface area contributed by atoms with Crippen LogP contribution >= 0.6 is 0 Å². The SMILES string of the molecule is COC(=O)/C(C#N)=C/c1cc(C)n(CC(C)C)c1C. The number of carbonyl (C=O) groups is 1. The maximum absolute atomic E-state index is 11.4. The molecule has 19 heavy (non-hydrogen) atoms. The lowest BCUT2D eigenvalue weighted by Crippen LogP contribution is -2.07. The molecule has 0 saturated carbocycles. The first kappa shape index (κ1) is 15.0. The van der Waals surface area contributed by atoms with Gasteiger partial charge in [0, 0.05) is 17.9 Å². The molecule has 1 aromatic heterocycles. The summed E-state index contributed by atoms with van der Waals surface area (Å²) in [6, 6.07) is 3.86. The van der Waals surface area contributed by atoms with Crippen molar-refractivity contribution >= 4 is 12.0 Å². The summed E-state index contributed by atoms with van der Waals surface area (Å²) in [5.41, 5.74) is 3.09. The van der Waals surface area contributed by atoms with E-state index in [2.05, 4.69) is 23.2 Å². The lowest BCUT2D eigenvalue weighted by Gasteiger charge is -2.11. The zero-order valence-corrected chi connectivity index (χ0v) is 12.2. The number of hydrogen-bond acceptors (Lipinski definition) is 3. The fourth-order valence-corrected chi connectivity index (χ4v) is 2.02. The van der Waals surface area contributed by atoms with Crippen LogP contribution in [-0.2, 0) is 16.1 Å². The average molecular weight is 260 g/mol. The Labute approximate surface area is 114 Å². The highest BCUT2D eigenvalue weighted by Gasteiger charge is 2.13. The summed E-state index contributed by atoms with van der Waals surface area (Å²) in [5, 5.41) is 8.98. The highest BCUT2D eigenvalue weighted by atomic mass is 16.5. The van der Waals surface area contributed by atoms with Crippen LogP contribution in [0.4, 0.5) is 0 Å². The van der Waals surface area contributed by atoms with E-state index in [1.165, 1.54) is 7.11 Å². The molecule has 0 bridgehead atoms. The lowest BCUT2D eigenvalue weighted by molar-refractivity contribution is -0.135. The van der Waals surface area contributed by atoms with E-state index in [-0.39, 0.29) is 5.57 Å². The minimum atomic E-state index is -0.601. The summed E-state index contributed by atoms with van der Waals surface area (Å²) >= 11 is 0. The fraction of sp³-hybridized carbons (Fsp3) is 0.467. The van der Waals surface area contributed by atoms with Gasteiger partial charge in [0.1, 0.15) is 11.6 Å². The summed E-state index contributed by atoms with van der Waals surface area (Å²) in [7, 11) is 1.27. The van der Waals surface area contributed by atoms with E-state index in [4.69, 9.17) is 5.26 Å². The number of aromatic nitrogens is 1. The molecule has 0 aliphatic rings. The Morgan fingerprint density at radius 1 is 1.53 bits per heavy atom. The third-order valence-corrected chi connectivity index (χ3v) is 2.99. The van der Waals surface area contributed by atoms with Gasteiger partial charge in [-0.15, -0.1) is 0 Å². The molecule has 0 radical (unpaired) electrons. The standard InChI is InChI=1S/C15H20N2O2/c1-10(2)9-17-11(3)6-13(12(17)4)7-14(8-16)15(18)19-5/h6-7,10H,9H2,1-5H3/b14-7+. The quantitative estimate of drug-likeness (QED) is 0.475. The zero-order chi connectivity index (χ0) is 14.6. The van der Waals surface area contributed by atoms with E-state index in [1.54, 1.807) is 6.08 Å². The van der Waals surface area contributed by atoms with Crippen molar-refractivity contribution in [2.24, 2.45) is 5.92 Å². The van der Waals surface area contributed by atoms with Gasteiger partial charge in [-0.1, -0.05) is 13.8 Å². The van der Waals surface area contributed by atoms with Crippen LogP contribution < -0.4 is 0 Å². The molecule has 1 heterocycles. The molecular weight excluding hydrogens is 240 g/mol. The number of nitrogens with zero attached hydrogens (tertiary/aromatic N) is 2. The molecule has 0 saturated heterocycles. The maximum atomic E-state index is 11.4. The molecule has 1 rings (SSSR count). The van der Waals surface area contributed by atoms with E-state index in [0.717, 1.165) is 23.5 Å². The van der Waals surface area contributed by atoms with E-state index in [9.17, 15) is 4.79 Å². The molecule has 1 aromatic rings. The summed E-state index contributed by atoms with van der Waals surface area (Å²) in [6.07, 6.45) is 1.59. The second kappa shape index (κ2) is 6.24. The van der Waals surface area contributed by atoms with Crippen LogP contribution in [0, 0.1) is 31.1 Å². The zero-order valence-electron chi connectivity index (χ0n) is 12.2. The molecule has 4 heteroatoms. The average Bonchev–Trinajstić information content (AvgIpc) is 2.62. The van der Waals surface area contributed by atoms with Crippen molar-refractivity contribution < 1.29 is 9.53 Å². The molecule has 0 N–H and O–H groups in total. The number of ether oxygens (including phenoxy) is 1. The van der Waals surface area contributed by atoms with Crippen molar-refractivity contribution in [1.29, 1.82) is 5.26 Å². The second-order valence-corrected chi connectivity index (χ2v) is 4.99. The Bertz CT molecular complexity index is 545. The van der Waals surface area contributed by atoms with E-state index >= 15 is 0 Å². The van der Waals surface area contributed by atoms with Gasteiger partial charge in [0.15, 0.2) is 0 Å². The molecule has 0 aliphatic carbocycles. The van der Waals surface area contributed by atoms with Crippen molar-refractivity contribution in [3.8, 4) is 6.07 Å². The Morgan fingerprint density at radius 3 is 2.63 bits per heavy atom. The minimum absolute atomic E-state index is 0.0206. The smallest absolute Gasteiger partial charge is 0.348 e. The normalized spacial score (nSPS) is 11.5. The topological polar surface area (TPSA) is 55.0 Å². The van der Waals surface area contributed by atoms with Crippen LogP contribution in [0.3, 0.4) is 0 Å². The summed E-state index contributed by atoms with van der Waals surface area (Å²) < 4.78 is 6.78. The van der Waals surface area contributed by atoms with E-state index in [1.807, 2.05) is 26.0 Å². The van der Waals surface area contributed by atoms with Gasteiger partial charge < -0.3 is 9.30 Å². The largest absolute Gasteiger partial charge is 0.465 e. The number of aryl methyl sites for hydroxylation is 1. The van der Waals surface area contributed by atoms with Gasteiger partial charge in [-0.05, 0) is 37.5 Å². The molecule has 4 nitrogen and oxygen atoms in total. The number of nitriles is 1. The minimum Gasteiger partial charge on any atom is -0.465 e. The third kappa shape index (κ3) is 3.47. The van der Waals surface area contributed by atoms with Gasteiger partial charge in [0.2, 0.25) is 0 Å². The predicted octanol–water partition coefficient (Wildman–Crippen LogP) is 2.84. The molecule has 0 amide bonds. The van der Waals surface area contributed by atoms with Crippen molar-refractivity contribution in [3.05, 3.63) is 28.6 Å². The number of methoxy groups -OCH3 is 1. The van der Waals surface area contributed by atoms with Crippen LogP contribution in [0.2, 0.25) is 0 Å². The summed E-state index contributed by atoms with van der Waals surface area (Å²) in [6.45, 7) is 9.25. The lowest BCUT2D eigenvalue weighted by atomic mass is 10.1. The molecule has 0 unspecified atom stereocenters. The first-order chi connectivity index (χ1) is 8.90. The van der Waals surface area contributed by atoms with E-state index < -0.39 is 5.97 Å². The van der Waals surface area contributed by atoms with Crippen LogP contribution in [0.1, 0.15) is 30.8 Å². The molecule has 0 aliphatic heterocycles. The Kier molecular flexibility index (Phi) is 4.94. The molecule has 0 spiro atoms. The van der Waals surface area contributed by atoms with Gasteiger partial charge >= 0.3 is 5.97 Å². The molecule has 102 valence electrons. The van der Waals surface area contributed by atoms with Crippen LogP contribution in [0.15, 0.2) is 11.6 Å². The van der Waals surface area contributed by atoms with Gasteiger partial charge in [-0.25, -0.2) is 4.79 Å². The van der Waals surface area contributed by atoms with Gasteiger partial charge in [-0.3, -0.25) is 0 Å². The van der Waals surface area contributed by atoms with E-state index in [0.29, 0.717) is 5.92 Å². The van der Waals surface area contributed by atoms with Crippen LogP contribution in [0.25, 0.3) is 6.08 Å². The third-order valence-electron chi connectivity index (χ3n) is 2.99. The monoisotopic (exact) mass is 260 g/mol. The van der Waals surface area contributed by atoms with Crippen LogP contribution in [-0.4, -0.2) is 17.6 Å². The summed E-state index contributed by atoms with van der Waals surface area (Å²) in [5.74, 6) is -0.0613. The van der Waals surface area contributed by atoms with Crippen molar-refractivity contribution in [2.75, 3.05) is 7.11 Å². The highest BCUT2D eigenvalue weighted by Crippen LogP contribution is 2.19. The number of hydrogen-bond donors (Lipinski definition) is 0. The number of rotatable bonds is 4. The van der Waals surface area contributed by atoms with Gasteiger partial charge in [0.25, 0.3) is 0 Å². The Balaban J connectivity index is 3.20. The van der Waals surface area contributed by atoms with Crippen molar-refractivity contribution in [2.45, 2.75) is 34.2 Å². The second-order valence-electron chi connectivity index (χ2n) is 4.99.